The van der Waals surface area contributed by atoms with Crippen molar-refractivity contribution in [1.82, 2.24) is 0 Å². The number of ether oxygens (including phenoxy) is 2. The molecule has 0 radical (unpaired) electrons. The summed E-state index contributed by atoms with van der Waals surface area (Å²) in [4.78, 5) is 25.1. The average Bonchev–Trinajstić information content (AvgIpc) is 3.23. The van der Waals surface area contributed by atoms with Crippen molar-refractivity contribution in [2.24, 2.45) is 0 Å². The highest BCUT2D eigenvalue weighted by Crippen LogP contribution is 2.38. The number of phosphoric ester groups is 1. The summed E-state index contributed by atoms with van der Waals surface area (Å²) in [5.41, 5.74) is 0. The summed E-state index contributed by atoms with van der Waals surface area (Å²) >= 11 is 0. The van der Waals surface area contributed by atoms with Gasteiger partial charge in [-0.05, 0) is 89.9 Å². The Morgan fingerprint density at radius 2 is 0.935 bits per heavy atom. The highest BCUT2D eigenvalue weighted by Gasteiger charge is 2.20. The molecule has 0 aliphatic rings. The lowest BCUT2D eigenvalue weighted by Gasteiger charge is -2.28. The fraction of sp³-hybridized carbons (Fsp3) is 0.717. The Labute approximate surface area is 382 Å². The summed E-state index contributed by atoms with van der Waals surface area (Å²) in [6.07, 6.45) is 60.3. The maximum Gasteiger partial charge on any atom is 0.306 e. The van der Waals surface area contributed by atoms with E-state index in [-0.39, 0.29) is 25.8 Å². The number of quaternary nitrogens is 1. The van der Waals surface area contributed by atoms with Crippen LogP contribution >= 0.6 is 7.82 Å². The molecule has 0 aromatic carbocycles. The number of carbonyl (C=O) groups excluding carboxylic acids is 1. The maximum atomic E-state index is 12.7. The third kappa shape index (κ3) is 48.7. The molecule has 8 nitrogen and oxygen atoms in total. The summed E-state index contributed by atoms with van der Waals surface area (Å²) in [5.74, 6) is -0.354. The lowest BCUT2D eigenvalue weighted by Crippen LogP contribution is -2.37. The van der Waals surface area contributed by atoms with E-state index >= 15 is 0 Å². The molecule has 0 aromatic heterocycles. The van der Waals surface area contributed by atoms with Gasteiger partial charge in [0.15, 0.2) is 0 Å². The van der Waals surface area contributed by atoms with Crippen LogP contribution in [0.4, 0.5) is 0 Å². The van der Waals surface area contributed by atoms with E-state index < -0.39 is 13.9 Å². The first-order valence-corrected chi connectivity index (χ1v) is 26.3. The van der Waals surface area contributed by atoms with E-state index in [1.54, 1.807) is 0 Å². The van der Waals surface area contributed by atoms with Crippen molar-refractivity contribution in [3.8, 4) is 0 Å². The second-order valence-electron chi connectivity index (χ2n) is 17.4. The van der Waals surface area contributed by atoms with E-state index in [0.717, 1.165) is 103 Å². The fourth-order valence-electron chi connectivity index (χ4n) is 6.37. The number of nitrogens with zero attached hydrogens (tertiary/aromatic N) is 1. The summed E-state index contributed by atoms with van der Waals surface area (Å²) in [5, 5.41) is 0. The molecule has 0 aliphatic carbocycles. The van der Waals surface area contributed by atoms with Crippen molar-refractivity contribution < 1.29 is 37.3 Å². The molecule has 0 fully saturated rings. The fourth-order valence-corrected chi connectivity index (χ4v) is 7.10. The Hall–Kier alpha value is -2.32. The molecule has 9 heteroatoms. The minimum absolute atomic E-state index is 0.0171. The second kappa shape index (κ2) is 45.3. The molecule has 0 N–H and O–H groups in total. The standard InChI is InChI=1S/C53H94NO7P/c1-6-8-10-12-14-16-18-20-22-24-25-26-27-28-29-30-31-33-35-37-39-41-43-45-48-58-50-52(51-60-62(56,57)59-49-47-54(3,4)5)61-53(55)46-44-42-40-38-36-34-32-23-21-19-17-15-13-11-9-7-2/h8,10,14,16-17,19-20,22-23,25-26,28-29,32,52H,6-7,9,11-13,15,18,21,24,27,30-31,33-51H2,1-5H3/b10-8-,16-14-,19-17-,22-20-,26-25-,29-28-,32-23-. The van der Waals surface area contributed by atoms with Gasteiger partial charge in [0.2, 0.25) is 0 Å². The van der Waals surface area contributed by atoms with Crippen molar-refractivity contribution in [2.45, 2.75) is 193 Å². The second-order valence-corrected chi connectivity index (χ2v) is 18.8. The Morgan fingerprint density at radius 3 is 1.40 bits per heavy atom. The van der Waals surface area contributed by atoms with Crippen molar-refractivity contribution in [3.63, 3.8) is 0 Å². The van der Waals surface area contributed by atoms with E-state index in [4.69, 9.17) is 18.5 Å². The SMILES string of the molecule is CC/C=C\C/C=C\C/C=C\C/C=C\C/C=C\CCCCCCCCCCOCC(COP(=O)([O-])OCC[N+](C)(C)C)OC(=O)CCCCCCC/C=C\C/C=C\CCCCCC. The van der Waals surface area contributed by atoms with Crippen molar-refractivity contribution in [1.29, 1.82) is 0 Å². The van der Waals surface area contributed by atoms with Crippen LogP contribution in [0.5, 0.6) is 0 Å². The summed E-state index contributed by atoms with van der Waals surface area (Å²) in [6.45, 7) is 5.23. The van der Waals surface area contributed by atoms with Gasteiger partial charge in [0.25, 0.3) is 7.82 Å². The van der Waals surface area contributed by atoms with Gasteiger partial charge in [0.05, 0.1) is 34.4 Å². The van der Waals surface area contributed by atoms with Gasteiger partial charge in [-0.3, -0.25) is 9.36 Å². The first kappa shape index (κ1) is 59.7. The highest BCUT2D eigenvalue weighted by molar-refractivity contribution is 7.45. The molecule has 0 aromatic rings. The first-order valence-electron chi connectivity index (χ1n) is 24.8. The lowest BCUT2D eigenvalue weighted by molar-refractivity contribution is -0.870. The number of rotatable bonds is 45. The van der Waals surface area contributed by atoms with Gasteiger partial charge in [-0.15, -0.1) is 0 Å². The van der Waals surface area contributed by atoms with E-state index in [0.29, 0.717) is 24.1 Å². The molecule has 2 unspecified atom stereocenters. The number of allylic oxidation sites excluding steroid dienone is 14. The molecule has 0 amide bonds. The van der Waals surface area contributed by atoms with Crippen LogP contribution < -0.4 is 4.89 Å². The molecule has 358 valence electrons. The predicted octanol–water partition coefficient (Wildman–Crippen LogP) is 14.6. The van der Waals surface area contributed by atoms with Gasteiger partial charge in [0.1, 0.15) is 19.3 Å². The van der Waals surface area contributed by atoms with E-state index in [1.165, 1.54) is 64.2 Å². The van der Waals surface area contributed by atoms with Crippen molar-refractivity contribution in [3.05, 3.63) is 85.1 Å². The number of hydrogen-bond donors (Lipinski definition) is 0. The van der Waals surface area contributed by atoms with Gasteiger partial charge < -0.3 is 27.9 Å². The monoisotopic (exact) mass is 888 g/mol. The average molecular weight is 888 g/mol. The first-order chi connectivity index (χ1) is 30.1. The minimum Gasteiger partial charge on any atom is -0.756 e. The Bertz CT molecular complexity index is 1260. The lowest BCUT2D eigenvalue weighted by atomic mass is 10.1. The van der Waals surface area contributed by atoms with E-state index in [2.05, 4.69) is 98.9 Å². The van der Waals surface area contributed by atoms with Crippen LogP contribution in [-0.4, -0.2) is 70.7 Å². The molecule has 0 bridgehead atoms. The van der Waals surface area contributed by atoms with Crippen LogP contribution in [0, 0.1) is 0 Å². The van der Waals surface area contributed by atoms with Crippen LogP contribution in [0.25, 0.3) is 0 Å². The van der Waals surface area contributed by atoms with Crippen LogP contribution in [0.3, 0.4) is 0 Å². The minimum atomic E-state index is -4.54. The van der Waals surface area contributed by atoms with Gasteiger partial charge in [-0.1, -0.05) is 176 Å². The van der Waals surface area contributed by atoms with Gasteiger partial charge >= 0.3 is 5.97 Å². The summed E-state index contributed by atoms with van der Waals surface area (Å²) < 4.78 is 34.7. The number of carbonyl (C=O) groups is 1. The molecule has 62 heavy (non-hydrogen) atoms. The van der Waals surface area contributed by atoms with Crippen LogP contribution in [0.15, 0.2) is 85.1 Å². The molecule has 0 spiro atoms. The zero-order valence-electron chi connectivity index (χ0n) is 40.5. The van der Waals surface area contributed by atoms with Crippen molar-refractivity contribution in [2.75, 3.05) is 54.1 Å². The third-order valence-electron chi connectivity index (χ3n) is 10.2. The van der Waals surface area contributed by atoms with E-state index in [1.807, 2.05) is 21.1 Å². The largest absolute Gasteiger partial charge is 0.756 e. The number of esters is 1. The van der Waals surface area contributed by atoms with Crippen LogP contribution in [0.1, 0.15) is 187 Å². The number of unbranched alkanes of at least 4 members (excludes halogenated alkanes) is 17. The third-order valence-corrected chi connectivity index (χ3v) is 11.1. The molecule has 0 rings (SSSR count). The van der Waals surface area contributed by atoms with Gasteiger partial charge in [-0.2, -0.15) is 0 Å². The molecular weight excluding hydrogens is 794 g/mol. The molecule has 0 aliphatic heterocycles. The quantitative estimate of drug-likeness (QED) is 0.0198. The zero-order chi connectivity index (χ0) is 45.5. The van der Waals surface area contributed by atoms with E-state index in [9.17, 15) is 14.3 Å². The molecule has 0 saturated carbocycles. The molecular formula is C53H94NO7P. The normalized spacial score (nSPS) is 14.4. The Balaban J connectivity index is 4.20. The smallest absolute Gasteiger partial charge is 0.306 e. The van der Waals surface area contributed by atoms with Gasteiger partial charge in [-0.25, -0.2) is 0 Å². The van der Waals surface area contributed by atoms with Crippen LogP contribution in [0.2, 0.25) is 0 Å². The zero-order valence-corrected chi connectivity index (χ0v) is 41.4. The topological polar surface area (TPSA) is 94.1 Å². The van der Waals surface area contributed by atoms with Crippen molar-refractivity contribution >= 4 is 13.8 Å². The number of hydrogen-bond acceptors (Lipinski definition) is 7. The Morgan fingerprint density at radius 1 is 0.516 bits per heavy atom. The molecule has 0 heterocycles. The number of phosphoric acid groups is 1. The summed E-state index contributed by atoms with van der Waals surface area (Å²) in [6, 6.07) is 0. The highest BCUT2D eigenvalue weighted by atomic mass is 31.2. The maximum absolute atomic E-state index is 12.7. The van der Waals surface area contributed by atoms with Crippen LogP contribution in [-0.2, 0) is 27.9 Å². The predicted molar refractivity (Wildman–Crippen MR) is 263 cm³/mol. The molecule has 2 atom stereocenters. The number of likely N-dealkylation sites (N-methyl/N-ethyl adjacent to an activating group) is 1. The Kier molecular flexibility index (Phi) is 43.6. The van der Waals surface area contributed by atoms with Gasteiger partial charge in [0, 0.05) is 13.0 Å². The summed E-state index contributed by atoms with van der Waals surface area (Å²) in [7, 11) is 1.33. The molecule has 0 saturated heterocycles.